The van der Waals surface area contributed by atoms with Gasteiger partial charge in [0.05, 0.1) is 16.9 Å². The largest absolute Gasteiger partial charge is 1.00 e. The van der Waals surface area contributed by atoms with Crippen LogP contribution in [0.2, 0.25) is 0 Å². The van der Waals surface area contributed by atoms with Gasteiger partial charge in [-0.25, -0.2) is 8.42 Å². The summed E-state index contributed by atoms with van der Waals surface area (Å²) in [7, 11) is -4.46. The Labute approximate surface area is 163 Å². The second-order valence-corrected chi connectivity index (χ2v) is 7.94. The van der Waals surface area contributed by atoms with Crippen molar-refractivity contribution < 1.29 is 52.7 Å². The molecule has 0 bridgehead atoms. The fraction of sp³-hybridized carbons (Fsp3) is 0.467. The first-order valence-electron chi connectivity index (χ1n) is 7.25. The molecule has 1 saturated heterocycles. The number of carbonyl (C=O) groups excluding carboxylic acids is 2. The van der Waals surface area contributed by atoms with Gasteiger partial charge >= 0.3 is 29.6 Å². The Kier molecular flexibility index (Phi) is 6.62. The van der Waals surface area contributed by atoms with E-state index in [1.54, 1.807) is 19.9 Å². The van der Waals surface area contributed by atoms with Crippen molar-refractivity contribution in [3.63, 3.8) is 0 Å². The first-order chi connectivity index (χ1) is 10.7. The average molecular weight is 362 g/mol. The number of likely N-dealkylation sites (tertiary alicyclic amines) is 1. The molecule has 24 heavy (non-hydrogen) atoms. The predicted molar refractivity (Wildman–Crippen MR) is 80.5 cm³/mol. The summed E-state index contributed by atoms with van der Waals surface area (Å²) in [6.45, 7) is 3.10. The summed E-state index contributed by atoms with van der Waals surface area (Å²) in [5.74, 6) is -3.02. The third-order valence-corrected chi connectivity index (χ3v) is 6.48. The van der Waals surface area contributed by atoms with Gasteiger partial charge in [0.2, 0.25) is 20.6 Å². The zero-order chi connectivity index (χ0) is 17.4. The van der Waals surface area contributed by atoms with E-state index >= 15 is 0 Å². The number of hydrogen-bond acceptors (Lipinski definition) is 6. The van der Waals surface area contributed by atoms with Gasteiger partial charge in [-0.05, 0) is 18.6 Å². The number of sulfone groups is 1. The number of nitrogens with two attached hydrogens (primary N) is 1. The predicted octanol–water partition coefficient (Wildman–Crippen LogP) is -3.87. The first-order valence-corrected chi connectivity index (χ1v) is 8.73. The van der Waals surface area contributed by atoms with Crippen molar-refractivity contribution in [1.29, 1.82) is 0 Å². The molecule has 126 valence electrons. The van der Waals surface area contributed by atoms with Crippen LogP contribution < -0.4 is 40.4 Å². The Bertz CT molecular complexity index is 723. The molecule has 0 aromatic heterocycles. The van der Waals surface area contributed by atoms with Crippen molar-refractivity contribution >= 4 is 21.7 Å². The minimum absolute atomic E-state index is 0. The minimum atomic E-state index is -4.46. The number of nitrogens with zero attached hydrogens (tertiary/aromatic N) is 1. The fourth-order valence-electron chi connectivity index (χ4n) is 2.91. The van der Waals surface area contributed by atoms with Gasteiger partial charge in [0.15, 0.2) is 0 Å². The summed E-state index contributed by atoms with van der Waals surface area (Å²) >= 11 is 0. The van der Waals surface area contributed by atoms with E-state index in [2.05, 4.69) is 0 Å². The van der Waals surface area contributed by atoms with Gasteiger partial charge in [-0.2, -0.15) is 0 Å². The molecular formula is C15H19N2NaO5S. The molecule has 9 heteroatoms. The molecular weight excluding hydrogens is 343 g/mol. The van der Waals surface area contributed by atoms with Crippen molar-refractivity contribution in [2.24, 2.45) is 11.7 Å². The Morgan fingerprint density at radius 3 is 2.29 bits per heavy atom. The molecule has 0 spiro atoms. The van der Waals surface area contributed by atoms with Crippen LogP contribution in [0.3, 0.4) is 0 Å². The zero-order valence-electron chi connectivity index (χ0n) is 13.9. The van der Waals surface area contributed by atoms with Crippen LogP contribution in [-0.4, -0.2) is 42.7 Å². The Hall–Kier alpha value is -0.930. The van der Waals surface area contributed by atoms with Crippen molar-refractivity contribution in [1.82, 2.24) is 4.90 Å². The number of benzene rings is 1. The molecule has 1 aliphatic rings. The van der Waals surface area contributed by atoms with Gasteiger partial charge in [-0.1, -0.05) is 32.0 Å². The molecule has 1 fully saturated rings. The number of carbonyl (C=O) groups is 2. The number of carboxylic acid groups (broad SMARTS) is 1. The fourth-order valence-corrected chi connectivity index (χ4v) is 4.99. The van der Waals surface area contributed by atoms with E-state index in [1.807, 2.05) is 0 Å². The van der Waals surface area contributed by atoms with Crippen molar-refractivity contribution in [3.8, 4) is 0 Å². The van der Waals surface area contributed by atoms with Gasteiger partial charge in [0, 0.05) is 12.5 Å². The Morgan fingerprint density at radius 2 is 1.83 bits per heavy atom. The average Bonchev–Trinajstić information content (AvgIpc) is 2.86. The molecule has 0 saturated carbocycles. The van der Waals surface area contributed by atoms with Crippen molar-refractivity contribution in [2.75, 3.05) is 6.54 Å². The van der Waals surface area contributed by atoms with E-state index < -0.39 is 38.5 Å². The second-order valence-electron chi connectivity index (χ2n) is 5.84. The molecule has 2 rings (SSSR count). The van der Waals surface area contributed by atoms with Crippen LogP contribution in [0.4, 0.5) is 0 Å². The number of carboxylic acids is 1. The van der Waals surface area contributed by atoms with E-state index in [0.717, 1.165) is 4.90 Å². The molecule has 2 atom stereocenters. The number of hydrogen-bond donors (Lipinski definition) is 1. The van der Waals surface area contributed by atoms with Gasteiger partial charge in [0.1, 0.15) is 0 Å². The van der Waals surface area contributed by atoms with Crippen LogP contribution in [0.25, 0.3) is 0 Å². The van der Waals surface area contributed by atoms with E-state index in [4.69, 9.17) is 5.73 Å². The van der Waals surface area contributed by atoms with Crippen molar-refractivity contribution in [3.05, 3.63) is 30.3 Å². The van der Waals surface area contributed by atoms with Crippen LogP contribution in [-0.2, 0) is 19.4 Å². The molecule has 0 aliphatic carbocycles. The van der Waals surface area contributed by atoms with Gasteiger partial charge < -0.3 is 20.5 Å². The van der Waals surface area contributed by atoms with Gasteiger partial charge in [-0.15, -0.1) is 0 Å². The summed E-state index contributed by atoms with van der Waals surface area (Å²) in [5.41, 5.74) is 5.87. The normalized spacial score (nSPS) is 23.8. The van der Waals surface area contributed by atoms with Crippen LogP contribution in [0.5, 0.6) is 0 Å². The van der Waals surface area contributed by atoms with E-state index in [-0.39, 0.29) is 47.4 Å². The van der Waals surface area contributed by atoms with Crippen LogP contribution in [0, 0.1) is 5.92 Å². The molecule has 1 aliphatic heterocycles. The van der Waals surface area contributed by atoms with Crippen LogP contribution in [0.1, 0.15) is 20.3 Å². The summed E-state index contributed by atoms with van der Waals surface area (Å²) in [6.07, 6.45) is 0.0680. The number of aliphatic carboxylic acids is 1. The molecule has 2 N–H and O–H groups in total. The quantitative estimate of drug-likeness (QED) is 0.547. The third kappa shape index (κ3) is 3.01. The van der Waals surface area contributed by atoms with Gasteiger partial charge in [-0.3, -0.25) is 4.79 Å². The molecule has 1 aromatic rings. The molecule has 1 amide bonds. The molecule has 7 nitrogen and oxygen atoms in total. The maximum absolute atomic E-state index is 13.1. The van der Waals surface area contributed by atoms with Gasteiger partial charge in [0.25, 0.3) is 0 Å². The molecule has 1 heterocycles. The van der Waals surface area contributed by atoms with Crippen LogP contribution >= 0.6 is 0 Å². The standard InChI is InChI=1S/C15H20N2O5S.Na/c1-10(2)13(18)17-9-8-12(16)15(17,14(19)20)23(21,22)11-6-4-3-5-7-11;/h3-7,10,12H,8-9,16H2,1-2H3,(H,19,20);/q;+1/p-1/t12?,15-;/m1./s1. The molecule has 1 aromatic carbocycles. The molecule has 0 radical (unpaired) electrons. The zero-order valence-corrected chi connectivity index (χ0v) is 16.7. The topological polar surface area (TPSA) is 121 Å². The summed E-state index contributed by atoms with van der Waals surface area (Å²) in [4.78, 5) is 22.4. The van der Waals surface area contributed by atoms with E-state index in [9.17, 15) is 23.1 Å². The third-order valence-electron chi connectivity index (χ3n) is 4.08. The first kappa shape index (κ1) is 21.1. The maximum Gasteiger partial charge on any atom is 1.00 e. The number of rotatable bonds is 4. The van der Waals surface area contributed by atoms with E-state index in [1.165, 1.54) is 24.3 Å². The Morgan fingerprint density at radius 1 is 1.29 bits per heavy atom. The summed E-state index contributed by atoms with van der Waals surface area (Å²) in [6, 6.07) is 5.86. The minimum Gasteiger partial charge on any atom is -0.546 e. The van der Waals surface area contributed by atoms with Crippen LogP contribution in [0.15, 0.2) is 35.2 Å². The monoisotopic (exact) mass is 362 g/mol. The maximum atomic E-state index is 13.1. The summed E-state index contributed by atoms with van der Waals surface area (Å²) < 4.78 is 26.1. The SMILES string of the molecule is CC(C)C(=O)N1CCC(N)[C@]1(C(=O)[O-])S(=O)(=O)c1ccccc1.[Na+]. The van der Waals surface area contributed by atoms with Crippen molar-refractivity contribution in [2.45, 2.75) is 36.1 Å². The summed E-state index contributed by atoms with van der Waals surface area (Å²) in [5, 5.41) is 11.9. The Balaban J connectivity index is 0.00000288. The van der Waals surface area contributed by atoms with E-state index in [0.29, 0.717) is 0 Å². The number of amides is 1. The smallest absolute Gasteiger partial charge is 0.546 e. The second kappa shape index (κ2) is 7.53. The molecule has 1 unspecified atom stereocenters.